The molecule has 114 valence electrons. The Morgan fingerprint density at radius 3 is 2.82 bits per heavy atom. The van der Waals surface area contributed by atoms with Crippen LogP contribution in [0.4, 0.5) is 0 Å². The highest BCUT2D eigenvalue weighted by molar-refractivity contribution is 6.08. The fourth-order valence-corrected chi connectivity index (χ4v) is 2.99. The van der Waals surface area contributed by atoms with E-state index in [0.29, 0.717) is 5.56 Å². The zero-order valence-corrected chi connectivity index (χ0v) is 13.0. The van der Waals surface area contributed by atoms with Gasteiger partial charge in [-0.1, -0.05) is 25.1 Å². The normalized spacial score (nSPS) is 11.2. The van der Waals surface area contributed by atoms with E-state index in [1.807, 2.05) is 53.8 Å². The quantitative estimate of drug-likeness (QED) is 0.802. The molecule has 0 saturated heterocycles. The van der Waals surface area contributed by atoms with Gasteiger partial charge in [0.25, 0.3) is 0 Å². The molecule has 0 bridgehead atoms. The molecule has 1 aromatic carbocycles. The lowest BCUT2D eigenvalue weighted by atomic mass is 10.0. The third-order valence-corrected chi connectivity index (χ3v) is 4.12. The number of carboxylic acid groups (broad SMARTS) is 1. The summed E-state index contributed by atoms with van der Waals surface area (Å²) in [7, 11) is 1.91. The van der Waals surface area contributed by atoms with Crippen molar-refractivity contribution >= 4 is 16.9 Å². The number of aromatic nitrogens is 3. The van der Waals surface area contributed by atoms with Crippen molar-refractivity contribution in [3.63, 3.8) is 0 Å². The van der Waals surface area contributed by atoms with Crippen molar-refractivity contribution in [1.29, 1.82) is 0 Å². The predicted molar refractivity (Wildman–Crippen MR) is 86.1 cm³/mol. The SMILES string of the molecule is CCCn1cc(-c2cccc3c(C(=O)O)c(C)n(C)c23)cn1. The first-order chi connectivity index (χ1) is 10.5. The number of hydrogen-bond acceptors (Lipinski definition) is 2. The molecule has 1 N–H and O–H groups in total. The van der Waals surface area contributed by atoms with E-state index in [9.17, 15) is 9.90 Å². The summed E-state index contributed by atoms with van der Waals surface area (Å²) >= 11 is 0. The van der Waals surface area contributed by atoms with E-state index in [2.05, 4.69) is 12.0 Å². The van der Waals surface area contributed by atoms with Crippen molar-refractivity contribution < 1.29 is 9.90 Å². The number of fused-ring (bicyclic) bond motifs is 1. The standard InChI is InChI=1S/C17H19N3O2/c1-4-8-20-10-12(9-18-20)13-6-5-7-14-15(17(21)22)11(2)19(3)16(13)14/h5-7,9-10H,4,8H2,1-3H3,(H,21,22). The number of carbonyl (C=O) groups is 1. The van der Waals surface area contributed by atoms with Crippen LogP contribution in [0.3, 0.4) is 0 Å². The molecule has 0 unspecified atom stereocenters. The highest BCUT2D eigenvalue weighted by Gasteiger charge is 2.20. The Bertz CT molecular complexity index is 858. The second-order valence-corrected chi connectivity index (χ2v) is 5.52. The van der Waals surface area contributed by atoms with Gasteiger partial charge >= 0.3 is 5.97 Å². The fourth-order valence-electron chi connectivity index (χ4n) is 2.99. The number of aryl methyl sites for hydroxylation is 2. The van der Waals surface area contributed by atoms with E-state index < -0.39 is 5.97 Å². The summed E-state index contributed by atoms with van der Waals surface area (Å²) in [6.07, 6.45) is 4.88. The second-order valence-electron chi connectivity index (χ2n) is 5.52. The molecule has 5 nitrogen and oxygen atoms in total. The van der Waals surface area contributed by atoms with E-state index in [-0.39, 0.29) is 0 Å². The van der Waals surface area contributed by atoms with E-state index in [1.54, 1.807) is 0 Å². The minimum Gasteiger partial charge on any atom is -0.478 e. The van der Waals surface area contributed by atoms with Crippen molar-refractivity contribution in [2.24, 2.45) is 7.05 Å². The average molecular weight is 297 g/mol. The lowest BCUT2D eigenvalue weighted by molar-refractivity contribution is 0.0698. The third-order valence-electron chi connectivity index (χ3n) is 4.12. The van der Waals surface area contributed by atoms with Gasteiger partial charge in [-0.2, -0.15) is 5.10 Å². The monoisotopic (exact) mass is 297 g/mol. The van der Waals surface area contributed by atoms with Crippen molar-refractivity contribution in [2.45, 2.75) is 26.8 Å². The van der Waals surface area contributed by atoms with E-state index in [4.69, 9.17) is 0 Å². The molecule has 22 heavy (non-hydrogen) atoms. The van der Waals surface area contributed by atoms with Crippen LogP contribution in [0, 0.1) is 6.92 Å². The molecule has 0 amide bonds. The molecule has 3 rings (SSSR count). The number of benzene rings is 1. The minimum absolute atomic E-state index is 0.375. The molecular weight excluding hydrogens is 278 g/mol. The smallest absolute Gasteiger partial charge is 0.338 e. The molecule has 0 fully saturated rings. The zero-order chi connectivity index (χ0) is 15.9. The minimum atomic E-state index is -0.887. The van der Waals surface area contributed by atoms with Crippen LogP contribution in [0.2, 0.25) is 0 Å². The largest absolute Gasteiger partial charge is 0.478 e. The number of nitrogens with zero attached hydrogens (tertiary/aromatic N) is 3. The maximum atomic E-state index is 11.6. The molecule has 2 heterocycles. The average Bonchev–Trinajstić information content (AvgIpc) is 3.04. The Kier molecular flexibility index (Phi) is 3.48. The van der Waals surface area contributed by atoms with Crippen molar-refractivity contribution in [3.8, 4) is 11.1 Å². The Morgan fingerprint density at radius 1 is 1.36 bits per heavy atom. The first-order valence-electron chi connectivity index (χ1n) is 7.38. The van der Waals surface area contributed by atoms with Gasteiger partial charge in [-0.3, -0.25) is 4.68 Å². The van der Waals surface area contributed by atoms with Crippen LogP contribution in [0.5, 0.6) is 0 Å². The summed E-state index contributed by atoms with van der Waals surface area (Å²) < 4.78 is 3.87. The van der Waals surface area contributed by atoms with Gasteiger partial charge in [0.05, 0.1) is 17.3 Å². The first kappa shape index (κ1) is 14.4. The van der Waals surface area contributed by atoms with E-state index >= 15 is 0 Å². The topological polar surface area (TPSA) is 60.1 Å². The Morgan fingerprint density at radius 2 is 2.14 bits per heavy atom. The number of carboxylic acids is 1. The number of para-hydroxylation sites is 1. The molecule has 2 aromatic heterocycles. The highest BCUT2D eigenvalue weighted by Crippen LogP contribution is 2.33. The molecule has 0 aliphatic heterocycles. The maximum Gasteiger partial charge on any atom is 0.338 e. The van der Waals surface area contributed by atoms with Crippen molar-refractivity contribution in [1.82, 2.24) is 14.3 Å². The van der Waals surface area contributed by atoms with Crippen molar-refractivity contribution in [2.75, 3.05) is 0 Å². The van der Waals surface area contributed by atoms with Gasteiger partial charge in [0, 0.05) is 42.0 Å². The summed E-state index contributed by atoms with van der Waals surface area (Å²) in [5, 5.41) is 14.6. The third kappa shape index (κ3) is 2.09. The van der Waals surface area contributed by atoms with Crippen LogP contribution < -0.4 is 0 Å². The lowest BCUT2D eigenvalue weighted by Crippen LogP contribution is -1.99. The van der Waals surface area contributed by atoms with Gasteiger partial charge in [0.1, 0.15) is 0 Å². The molecular formula is C17H19N3O2. The number of aromatic carboxylic acids is 1. The van der Waals surface area contributed by atoms with Crippen LogP contribution in [0.1, 0.15) is 29.4 Å². The zero-order valence-electron chi connectivity index (χ0n) is 13.0. The van der Waals surface area contributed by atoms with Crippen LogP contribution in [0.25, 0.3) is 22.0 Å². The first-order valence-corrected chi connectivity index (χ1v) is 7.38. The van der Waals surface area contributed by atoms with Gasteiger partial charge in [-0.25, -0.2) is 4.79 Å². The molecule has 5 heteroatoms. The van der Waals surface area contributed by atoms with Gasteiger partial charge in [0.2, 0.25) is 0 Å². The van der Waals surface area contributed by atoms with Crippen LogP contribution >= 0.6 is 0 Å². The Labute approximate surface area is 128 Å². The fraction of sp³-hybridized carbons (Fsp3) is 0.294. The maximum absolute atomic E-state index is 11.6. The molecule has 0 saturated carbocycles. The molecule has 0 radical (unpaired) electrons. The summed E-state index contributed by atoms with van der Waals surface area (Å²) in [4.78, 5) is 11.6. The summed E-state index contributed by atoms with van der Waals surface area (Å²) in [6, 6.07) is 5.78. The number of hydrogen-bond donors (Lipinski definition) is 1. The van der Waals surface area contributed by atoms with Gasteiger partial charge < -0.3 is 9.67 Å². The van der Waals surface area contributed by atoms with Gasteiger partial charge in [0.15, 0.2) is 0 Å². The summed E-state index contributed by atoms with van der Waals surface area (Å²) in [5.41, 5.74) is 4.10. The van der Waals surface area contributed by atoms with Crippen LogP contribution in [0.15, 0.2) is 30.6 Å². The van der Waals surface area contributed by atoms with E-state index in [0.717, 1.165) is 40.7 Å². The Hall–Kier alpha value is -2.56. The molecule has 0 atom stereocenters. The van der Waals surface area contributed by atoms with Crippen molar-refractivity contribution in [3.05, 3.63) is 41.9 Å². The molecule has 3 aromatic rings. The second kappa shape index (κ2) is 5.33. The number of rotatable bonds is 4. The summed E-state index contributed by atoms with van der Waals surface area (Å²) in [5.74, 6) is -0.887. The lowest BCUT2D eigenvalue weighted by Gasteiger charge is -2.05. The molecule has 0 aliphatic carbocycles. The predicted octanol–water partition coefficient (Wildman–Crippen LogP) is 3.46. The van der Waals surface area contributed by atoms with Gasteiger partial charge in [-0.05, 0) is 13.3 Å². The highest BCUT2D eigenvalue weighted by atomic mass is 16.4. The molecule has 0 spiro atoms. The summed E-state index contributed by atoms with van der Waals surface area (Å²) in [6.45, 7) is 4.83. The van der Waals surface area contributed by atoms with Crippen LogP contribution in [-0.4, -0.2) is 25.4 Å². The van der Waals surface area contributed by atoms with Crippen LogP contribution in [-0.2, 0) is 13.6 Å². The Balaban J connectivity index is 2.26. The van der Waals surface area contributed by atoms with Gasteiger partial charge in [-0.15, -0.1) is 0 Å². The van der Waals surface area contributed by atoms with E-state index in [1.165, 1.54) is 0 Å². The molecule has 0 aliphatic rings.